The van der Waals surface area contributed by atoms with Gasteiger partial charge in [-0.1, -0.05) is 32.9 Å². The van der Waals surface area contributed by atoms with Gasteiger partial charge in [-0.3, -0.25) is 4.79 Å². The zero-order valence-corrected chi connectivity index (χ0v) is 16.7. The molecule has 1 fully saturated rings. The van der Waals surface area contributed by atoms with E-state index in [9.17, 15) is 9.18 Å². The second kappa shape index (κ2) is 6.96. The highest BCUT2D eigenvalue weighted by Crippen LogP contribution is 2.37. The molecule has 2 rings (SSSR count). The molecule has 24 heavy (non-hydrogen) atoms. The number of hydrogen-bond donors (Lipinski definition) is 1. The van der Waals surface area contributed by atoms with Crippen LogP contribution in [0.3, 0.4) is 0 Å². The number of carbonyl (C=O) groups is 1. The summed E-state index contributed by atoms with van der Waals surface area (Å²) in [5, 5.41) is 3.22. The van der Waals surface area contributed by atoms with Crippen LogP contribution < -0.4 is 5.32 Å². The largest absolute Gasteiger partial charge is 0.417 e. The Kier molecular flexibility index (Phi) is 5.55. The van der Waals surface area contributed by atoms with Gasteiger partial charge in [-0.2, -0.15) is 0 Å². The Morgan fingerprint density at radius 1 is 1.33 bits per heavy atom. The normalized spacial score (nSPS) is 21.9. The highest BCUT2D eigenvalue weighted by molar-refractivity contribution is 6.74. The van der Waals surface area contributed by atoms with Gasteiger partial charge >= 0.3 is 0 Å². The van der Waals surface area contributed by atoms with Crippen LogP contribution in [0.1, 0.15) is 50.7 Å². The fourth-order valence-electron chi connectivity index (χ4n) is 2.73. The first-order valence-electron chi connectivity index (χ1n) is 8.71. The minimum atomic E-state index is -1.75. The molecule has 1 saturated heterocycles. The Balaban J connectivity index is 1.92. The molecule has 1 heterocycles. The Morgan fingerprint density at radius 3 is 2.58 bits per heavy atom. The van der Waals surface area contributed by atoms with E-state index in [1.165, 1.54) is 6.07 Å². The number of carbonyl (C=O) groups excluding carboxylic acids is 1. The first-order chi connectivity index (χ1) is 11.0. The summed E-state index contributed by atoms with van der Waals surface area (Å²) in [6, 6.07) is 5.20. The average molecular weight is 352 g/mol. The first-order valence-corrected chi connectivity index (χ1v) is 11.6. The van der Waals surface area contributed by atoms with Crippen molar-refractivity contribution in [3.05, 3.63) is 35.1 Å². The fourth-order valence-corrected chi connectivity index (χ4v) is 3.79. The zero-order valence-electron chi connectivity index (χ0n) is 15.7. The van der Waals surface area contributed by atoms with Crippen molar-refractivity contribution in [3.8, 4) is 0 Å². The Hall–Kier alpha value is -1.20. The third-order valence-corrected chi connectivity index (χ3v) is 10.1. The van der Waals surface area contributed by atoms with Crippen molar-refractivity contribution < 1.29 is 13.6 Å². The summed E-state index contributed by atoms with van der Waals surface area (Å²) < 4.78 is 19.9. The van der Waals surface area contributed by atoms with Gasteiger partial charge in [-0.15, -0.1) is 0 Å². The van der Waals surface area contributed by atoms with E-state index in [-0.39, 0.29) is 28.7 Å². The van der Waals surface area contributed by atoms with E-state index < -0.39 is 8.32 Å². The summed E-state index contributed by atoms with van der Waals surface area (Å²) in [6.45, 7) is 13.5. The maximum atomic E-state index is 13.8. The number of hydrogen-bond acceptors (Lipinski definition) is 2. The second-order valence-corrected chi connectivity index (χ2v) is 13.2. The Morgan fingerprint density at radius 2 is 2.00 bits per heavy atom. The molecule has 0 bridgehead atoms. The molecule has 2 atom stereocenters. The predicted molar refractivity (Wildman–Crippen MR) is 98.2 cm³/mol. The van der Waals surface area contributed by atoms with E-state index in [1.807, 2.05) is 6.07 Å². The van der Waals surface area contributed by atoms with E-state index in [2.05, 4.69) is 39.2 Å². The summed E-state index contributed by atoms with van der Waals surface area (Å²) in [6.07, 6.45) is 1.52. The lowest BCUT2D eigenvalue weighted by Crippen LogP contribution is -2.41. The van der Waals surface area contributed by atoms with E-state index in [4.69, 9.17) is 4.43 Å². The lowest BCUT2D eigenvalue weighted by atomic mass is 9.94. The number of benzene rings is 1. The molecule has 1 aromatic carbocycles. The van der Waals surface area contributed by atoms with Crippen molar-refractivity contribution in [1.29, 1.82) is 0 Å². The molecule has 134 valence electrons. The molecule has 1 aromatic rings. The fraction of sp³-hybridized carbons (Fsp3) is 0.632. The van der Waals surface area contributed by atoms with Crippen LogP contribution in [-0.4, -0.2) is 26.9 Å². The Bertz CT molecular complexity index is 610. The quantitative estimate of drug-likeness (QED) is 0.792. The number of halogens is 1. The summed E-state index contributed by atoms with van der Waals surface area (Å²) in [5.41, 5.74) is 1.37. The van der Waals surface area contributed by atoms with Crippen LogP contribution in [0.15, 0.2) is 18.2 Å². The molecule has 0 spiro atoms. The zero-order chi connectivity index (χ0) is 18.1. The van der Waals surface area contributed by atoms with Crippen molar-refractivity contribution in [2.75, 3.05) is 6.61 Å². The SMILES string of the molecule is Cc1ccc(C2CC(CCO[Si](C)(C)C(C)(C)C)NC2=O)cc1F. The molecule has 3 nitrogen and oxygen atoms in total. The molecule has 0 radical (unpaired) electrons. The monoisotopic (exact) mass is 351 g/mol. The number of amides is 1. The van der Waals surface area contributed by atoms with Gasteiger partial charge < -0.3 is 9.74 Å². The highest BCUT2D eigenvalue weighted by Gasteiger charge is 2.38. The van der Waals surface area contributed by atoms with E-state index in [0.717, 1.165) is 12.0 Å². The summed E-state index contributed by atoms with van der Waals surface area (Å²) in [7, 11) is -1.75. The van der Waals surface area contributed by atoms with Crippen molar-refractivity contribution in [2.45, 2.75) is 70.6 Å². The second-order valence-electron chi connectivity index (χ2n) is 8.40. The van der Waals surface area contributed by atoms with Crippen LogP contribution in [0.4, 0.5) is 4.39 Å². The van der Waals surface area contributed by atoms with E-state index in [1.54, 1.807) is 13.0 Å². The summed E-state index contributed by atoms with van der Waals surface area (Å²) >= 11 is 0. The van der Waals surface area contributed by atoms with Crippen molar-refractivity contribution in [2.24, 2.45) is 0 Å². The van der Waals surface area contributed by atoms with E-state index in [0.29, 0.717) is 18.6 Å². The lowest BCUT2D eigenvalue weighted by molar-refractivity contribution is -0.120. The van der Waals surface area contributed by atoms with Gasteiger partial charge in [-0.25, -0.2) is 4.39 Å². The number of aryl methyl sites for hydroxylation is 1. The molecule has 0 saturated carbocycles. The van der Waals surface area contributed by atoms with Crippen LogP contribution in [0.2, 0.25) is 18.1 Å². The predicted octanol–water partition coefficient (Wildman–Crippen LogP) is 4.52. The van der Waals surface area contributed by atoms with Crippen LogP contribution in [0.5, 0.6) is 0 Å². The van der Waals surface area contributed by atoms with Crippen LogP contribution >= 0.6 is 0 Å². The van der Waals surface area contributed by atoms with Crippen molar-refractivity contribution >= 4 is 14.2 Å². The van der Waals surface area contributed by atoms with Crippen LogP contribution in [0.25, 0.3) is 0 Å². The highest BCUT2D eigenvalue weighted by atomic mass is 28.4. The van der Waals surface area contributed by atoms with Gasteiger partial charge in [0.05, 0.1) is 5.92 Å². The van der Waals surface area contributed by atoms with E-state index >= 15 is 0 Å². The minimum Gasteiger partial charge on any atom is -0.417 e. The Labute approximate surface area is 146 Å². The molecule has 1 N–H and O–H groups in total. The smallest absolute Gasteiger partial charge is 0.227 e. The third-order valence-electron chi connectivity index (χ3n) is 5.52. The molecule has 5 heteroatoms. The van der Waals surface area contributed by atoms with Crippen molar-refractivity contribution in [1.82, 2.24) is 5.32 Å². The molecular weight excluding hydrogens is 321 g/mol. The average Bonchev–Trinajstić information content (AvgIpc) is 2.81. The molecule has 2 unspecified atom stereocenters. The van der Waals surface area contributed by atoms with Gasteiger partial charge in [-0.05, 0) is 55.1 Å². The molecule has 1 amide bonds. The maximum Gasteiger partial charge on any atom is 0.227 e. The summed E-state index contributed by atoms with van der Waals surface area (Å²) in [4.78, 5) is 12.2. The minimum absolute atomic E-state index is 0.00409. The van der Waals surface area contributed by atoms with Gasteiger partial charge in [0.15, 0.2) is 8.32 Å². The molecule has 0 aromatic heterocycles. The molecule has 1 aliphatic heterocycles. The number of rotatable bonds is 5. The van der Waals surface area contributed by atoms with Crippen LogP contribution in [0, 0.1) is 12.7 Å². The van der Waals surface area contributed by atoms with Gasteiger partial charge in [0.25, 0.3) is 0 Å². The molecule has 1 aliphatic rings. The first kappa shape index (κ1) is 19.1. The van der Waals surface area contributed by atoms with Gasteiger partial charge in [0.1, 0.15) is 5.82 Å². The molecular formula is C19H30FNO2Si. The summed E-state index contributed by atoms with van der Waals surface area (Å²) in [5.74, 6) is -0.501. The standard InChI is InChI=1S/C19H30FNO2Si/c1-13-7-8-14(11-17(13)20)16-12-15(21-18(16)22)9-10-23-24(5,6)19(2,3)4/h7-8,11,15-16H,9-10,12H2,1-6H3,(H,21,22). The maximum absolute atomic E-state index is 13.8. The van der Waals surface area contributed by atoms with Crippen molar-refractivity contribution in [3.63, 3.8) is 0 Å². The number of nitrogens with one attached hydrogen (secondary N) is 1. The van der Waals surface area contributed by atoms with Gasteiger partial charge in [0.2, 0.25) is 5.91 Å². The van der Waals surface area contributed by atoms with Gasteiger partial charge in [0, 0.05) is 12.6 Å². The topological polar surface area (TPSA) is 38.3 Å². The van der Waals surface area contributed by atoms with Crippen LogP contribution in [-0.2, 0) is 9.22 Å². The lowest BCUT2D eigenvalue weighted by Gasteiger charge is -2.36. The molecule has 0 aliphatic carbocycles. The third kappa shape index (κ3) is 4.25.